The Balaban J connectivity index is 1.94. The highest BCUT2D eigenvalue weighted by Gasteiger charge is 2.39. The summed E-state index contributed by atoms with van der Waals surface area (Å²) >= 11 is 0. The molecule has 7 heteroatoms. The topological polar surface area (TPSA) is 89.5 Å². The second kappa shape index (κ2) is 4.98. The molecule has 1 amide bonds. The number of nitrogen functional groups attached to an aromatic ring is 1. The van der Waals surface area contributed by atoms with Gasteiger partial charge in [0.1, 0.15) is 5.56 Å². The highest BCUT2D eigenvalue weighted by Crippen LogP contribution is 2.37. The molecule has 2 fully saturated rings. The normalized spacial score (nSPS) is 17.6. The van der Waals surface area contributed by atoms with E-state index in [2.05, 4.69) is 0 Å². The molecule has 3 rings (SSSR count). The van der Waals surface area contributed by atoms with Crippen molar-refractivity contribution in [2.24, 2.45) is 5.92 Å². The van der Waals surface area contributed by atoms with Crippen LogP contribution in [0.25, 0.3) is 0 Å². The summed E-state index contributed by atoms with van der Waals surface area (Å²) in [5, 5.41) is 11.1. The van der Waals surface area contributed by atoms with Gasteiger partial charge in [0.2, 0.25) is 0 Å². The number of nitro benzene ring substituents is 1. The minimum atomic E-state index is -0.876. The Labute approximate surface area is 120 Å². The predicted molar refractivity (Wildman–Crippen MR) is 74.2 cm³/mol. The largest absolute Gasteiger partial charge is 0.396 e. The van der Waals surface area contributed by atoms with E-state index in [4.69, 9.17) is 5.73 Å². The summed E-state index contributed by atoms with van der Waals surface area (Å²) in [6.45, 7) is 0.623. The number of halogens is 1. The van der Waals surface area contributed by atoms with Crippen LogP contribution < -0.4 is 5.73 Å². The molecule has 0 saturated heterocycles. The second-order valence-corrected chi connectivity index (χ2v) is 5.78. The molecule has 1 aromatic rings. The van der Waals surface area contributed by atoms with Gasteiger partial charge in [-0.1, -0.05) is 0 Å². The van der Waals surface area contributed by atoms with E-state index in [0.717, 1.165) is 37.8 Å². The summed E-state index contributed by atoms with van der Waals surface area (Å²) in [5.41, 5.74) is 4.58. The molecule has 0 aliphatic heterocycles. The molecule has 21 heavy (non-hydrogen) atoms. The van der Waals surface area contributed by atoms with Crippen molar-refractivity contribution in [3.8, 4) is 0 Å². The molecular weight excluding hydrogens is 277 g/mol. The first kappa shape index (κ1) is 13.8. The molecule has 2 saturated carbocycles. The summed E-state index contributed by atoms with van der Waals surface area (Å²) in [6.07, 6.45) is 4.01. The van der Waals surface area contributed by atoms with Gasteiger partial charge < -0.3 is 10.6 Å². The Morgan fingerprint density at radius 2 is 2.05 bits per heavy atom. The number of carbonyl (C=O) groups excluding carboxylic acids is 1. The first-order valence-electron chi connectivity index (χ1n) is 7.01. The third-order valence-electron chi connectivity index (χ3n) is 3.94. The predicted octanol–water partition coefficient (Wildman–Crippen LogP) is 2.33. The number of hydrogen-bond acceptors (Lipinski definition) is 4. The van der Waals surface area contributed by atoms with Crippen molar-refractivity contribution in [1.29, 1.82) is 0 Å². The van der Waals surface area contributed by atoms with Crippen LogP contribution in [0.4, 0.5) is 15.8 Å². The SMILES string of the molecule is Nc1cc(C(=O)N(CC2CC2)C2CC2)c([N+](=O)[O-])cc1F. The van der Waals surface area contributed by atoms with Gasteiger partial charge in [0.15, 0.2) is 5.82 Å². The average Bonchev–Trinajstić information content (AvgIpc) is 3.30. The van der Waals surface area contributed by atoms with Crippen LogP contribution in [0.1, 0.15) is 36.0 Å². The Bertz CT molecular complexity index is 612. The number of hydrogen-bond donors (Lipinski definition) is 1. The van der Waals surface area contributed by atoms with E-state index < -0.39 is 22.3 Å². The number of nitrogens with two attached hydrogens (primary N) is 1. The lowest BCUT2D eigenvalue weighted by molar-refractivity contribution is -0.385. The number of benzene rings is 1. The van der Waals surface area contributed by atoms with Gasteiger partial charge in [-0.25, -0.2) is 4.39 Å². The van der Waals surface area contributed by atoms with Crippen molar-refractivity contribution in [3.63, 3.8) is 0 Å². The molecule has 1 aromatic carbocycles. The van der Waals surface area contributed by atoms with Gasteiger partial charge in [0, 0.05) is 12.6 Å². The Morgan fingerprint density at radius 3 is 2.57 bits per heavy atom. The van der Waals surface area contributed by atoms with Gasteiger partial charge >= 0.3 is 0 Å². The molecule has 0 bridgehead atoms. The quantitative estimate of drug-likeness (QED) is 0.512. The fourth-order valence-electron chi connectivity index (χ4n) is 2.42. The van der Waals surface area contributed by atoms with Crippen molar-refractivity contribution in [1.82, 2.24) is 4.90 Å². The fourth-order valence-corrected chi connectivity index (χ4v) is 2.42. The van der Waals surface area contributed by atoms with Crippen molar-refractivity contribution < 1.29 is 14.1 Å². The summed E-state index contributed by atoms with van der Waals surface area (Å²) in [7, 11) is 0. The van der Waals surface area contributed by atoms with E-state index >= 15 is 0 Å². The van der Waals surface area contributed by atoms with Crippen LogP contribution in [0.2, 0.25) is 0 Å². The van der Waals surface area contributed by atoms with Gasteiger partial charge in [0.25, 0.3) is 11.6 Å². The summed E-state index contributed by atoms with van der Waals surface area (Å²) in [5.74, 6) is -0.799. The van der Waals surface area contributed by atoms with Crippen molar-refractivity contribution >= 4 is 17.3 Å². The van der Waals surface area contributed by atoms with Crippen LogP contribution >= 0.6 is 0 Å². The monoisotopic (exact) mass is 293 g/mol. The number of rotatable bonds is 5. The molecule has 6 nitrogen and oxygen atoms in total. The molecule has 2 aliphatic carbocycles. The van der Waals surface area contributed by atoms with Crippen molar-refractivity contribution in [3.05, 3.63) is 33.6 Å². The number of amides is 1. The molecule has 0 unspecified atom stereocenters. The smallest absolute Gasteiger partial charge is 0.285 e. The molecule has 0 heterocycles. The zero-order valence-corrected chi connectivity index (χ0v) is 11.4. The maximum absolute atomic E-state index is 13.4. The first-order valence-corrected chi connectivity index (χ1v) is 7.01. The number of nitrogens with zero attached hydrogens (tertiary/aromatic N) is 2. The summed E-state index contributed by atoms with van der Waals surface area (Å²) in [6, 6.07) is 1.96. The minimum Gasteiger partial charge on any atom is -0.396 e. The molecular formula is C14H16FN3O3. The van der Waals surface area contributed by atoms with Crippen molar-refractivity contribution in [2.45, 2.75) is 31.7 Å². The summed E-state index contributed by atoms with van der Waals surface area (Å²) in [4.78, 5) is 24.6. The molecule has 112 valence electrons. The highest BCUT2D eigenvalue weighted by atomic mass is 19.1. The second-order valence-electron chi connectivity index (χ2n) is 5.78. The van der Waals surface area contributed by atoms with Crippen LogP contribution in [0.15, 0.2) is 12.1 Å². The molecule has 0 aromatic heterocycles. The molecule has 0 radical (unpaired) electrons. The zero-order valence-electron chi connectivity index (χ0n) is 11.4. The molecule has 2 N–H and O–H groups in total. The minimum absolute atomic E-state index is 0.119. The van der Waals surface area contributed by atoms with Crippen molar-refractivity contribution in [2.75, 3.05) is 12.3 Å². The van der Waals surface area contributed by atoms with Gasteiger partial charge in [-0.15, -0.1) is 0 Å². The Hall–Kier alpha value is -2.18. The number of carbonyl (C=O) groups is 1. The fraction of sp³-hybridized carbons (Fsp3) is 0.500. The van der Waals surface area contributed by atoms with E-state index in [1.54, 1.807) is 4.90 Å². The first-order chi connectivity index (χ1) is 9.97. The highest BCUT2D eigenvalue weighted by molar-refractivity contribution is 5.99. The lowest BCUT2D eigenvalue weighted by atomic mass is 10.1. The lowest BCUT2D eigenvalue weighted by Gasteiger charge is -2.22. The van der Waals surface area contributed by atoms with Crippen LogP contribution in [0, 0.1) is 21.8 Å². The zero-order chi connectivity index (χ0) is 15.1. The van der Waals surface area contributed by atoms with E-state index in [-0.39, 0.29) is 17.3 Å². The lowest BCUT2D eigenvalue weighted by Crippen LogP contribution is -2.35. The molecule has 2 aliphatic rings. The standard InChI is InChI=1S/C14H16FN3O3/c15-11-6-13(18(20)21)10(5-12(11)16)14(19)17(9-3-4-9)7-8-1-2-8/h5-6,8-9H,1-4,7,16H2. The van der Waals surface area contributed by atoms with Crippen LogP contribution in [-0.2, 0) is 0 Å². The average molecular weight is 293 g/mol. The van der Waals surface area contributed by atoms with E-state index in [0.29, 0.717) is 12.5 Å². The maximum atomic E-state index is 13.4. The van der Waals surface area contributed by atoms with Gasteiger partial charge in [-0.05, 0) is 37.7 Å². The van der Waals surface area contributed by atoms with E-state index in [1.807, 2.05) is 0 Å². The molecule has 0 atom stereocenters. The summed E-state index contributed by atoms with van der Waals surface area (Å²) < 4.78 is 13.4. The van der Waals surface area contributed by atoms with Gasteiger partial charge in [0.05, 0.1) is 16.7 Å². The maximum Gasteiger partial charge on any atom is 0.285 e. The van der Waals surface area contributed by atoms with Crippen LogP contribution in [0.5, 0.6) is 0 Å². The number of anilines is 1. The third kappa shape index (κ3) is 2.81. The van der Waals surface area contributed by atoms with E-state index in [9.17, 15) is 19.3 Å². The Kier molecular flexibility index (Phi) is 3.27. The van der Waals surface area contributed by atoms with Crippen LogP contribution in [0.3, 0.4) is 0 Å². The van der Waals surface area contributed by atoms with Gasteiger partial charge in [-0.2, -0.15) is 0 Å². The third-order valence-corrected chi connectivity index (χ3v) is 3.94. The number of nitro groups is 1. The Morgan fingerprint density at radius 1 is 1.38 bits per heavy atom. The molecule has 0 spiro atoms. The van der Waals surface area contributed by atoms with Gasteiger partial charge in [-0.3, -0.25) is 14.9 Å². The van der Waals surface area contributed by atoms with E-state index in [1.165, 1.54) is 0 Å². The van der Waals surface area contributed by atoms with Crippen LogP contribution in [-0.4, -0.2) is 28.3 Å².